The summed E-state index contributed by atoms with van der Waals surface area (Å²) in [6.45, 7) is 3.63. The summed E-state index contributed by atoms with van der Waals surface area (Å²) >= 11 is 0. The molecule has 0 bridgehead atoms. The molecule has 41 heavy (non-hydrogen) atoms. The van der Waals surface area contributed by atoms with E-state index in [0.29, 0.717) is 25.5 Å². The zero-order chi connectivity index (χ0) is 29.0. The number of aromatic nitrogens is 2. The third-order valence-electron chi connectivity index (χ3n) is 7.51. The maximum absolute atomic E-state index is 12.4. The molecule has 1 aromatic heterocycles. The van der Waals surface area contributed by atoms with E-state index in [1.807, 2.05) is 31.3 Å². The van der Waals surface area contributed by atoms with E-state index in [2.05, 4.69) is 19.5 Å². The van der Waals surface area contributed by atoms with Crippen LogP contribution in [0.3, 0.4) is 0 Å². The van der Waals surface area contributed by atoms with Crippen LogP contribution in [0.15, 0.2) is 54.7 Å². The van der Waals surface area contributed by atoms with Crippen LogP contribution in [0.25, 0.3) is 0 Å². The van der Waals surface area contributed by atoms with Crippen molar-refractivity contribution in [2.45, 2.75) is 44.7 Å². The summed E-state index contributed by atoms with van der Waals surface area (Å²) < 4.78 is 54.4. The van der Waals surface area contributed by atoms with Gasteiger partial charge in [0.25, 0.3) is 0 Å². The number of ether oxygens (including phenoxy) is 3. The molecule has 0 aliphatic carbocycles. The lowest BCUT2D eigenvalue weighted by atomic mass is 9.93. The molecule has 5 rings (SSSR count). The highest BCUT2D eigenvalue weighted by Crippen LogP contribution is 2.29. The summed E-state index contributed by atoms with van der Waals surface area (Å²) in [7, 11) is 1.94. The van der Waals surface area contributed by atoms with Crippen LogP contribution in [-0.4, -0.2) is 60.2 Å². The van der Waals surface area contributed by atoms with Gasteiger partial charge in [0.1, 0.15) is 30.4 Å². The van der Waals surface area contributed by atoms with Crippen molar-refractivity contribution in [3.8, 4) is 17.5 Å². The Balaban J connectivity index is 1.02. The molecule has 1 atom stereocenters. The minimum absolute atomic E-state index is 0.219. The Hall–Kier alpha value is -4.16. The molecule has 3 aromatic rings. The fourth-order valence-corrected chi connectivity index (χ4v) is 5.17. The molecule has 10 nitrogen and oxygen atoms in total. The zero-order valence-electron chi connectivity index (χ0n) is 22.6. The van der Waals surface area contributed by atoms with Crippen molar-refractivity contribution in [2.24, 2.45) is 5.92 Å². The summed E-state index contributed by atoms with van der Waals surface area (Å²) in [5, 5.41) is 10.9. The molecule has 0 spiro atoms. The average Bonchev–Trinajstić information content (AvgIpc) is 3.39. The maximum atomic E-state index is 12.4. The number of nitro groups is 1. The molecule has 3 heterocycles. The highest BCUT2D eigenvalue weighted by molar-refractivity contribution is 5.50. The second-order valence-electron chi connectivity index (χ2n) is 10.3. The molecule has 2 aliphatic heterocycles. The van der Waals surface area contributed by atoms with Crippen LogP contribution in [0.5, 0.6) is 17.5 Å². The Morgan fingerprint density at radius 1 is 1.05 bits per heavy atom. The number of aryl methyl sites for hydroxylation is 1. The maximum Gasteiger partial charge on any atom is 0.573 e. The van der Waals surface area contributed by atoms with E-state index in [1.54, 1.807) is 16.7 Å². The summed E-state index contributed by atoms with van der Waals surface area (Å²) in [5.41, 5.74) is 1.99. The summed E-state index contributed by atoms with van der Waals surface area (Å²) in [5.74, 6) is 0.869. The normalized spacial score (nSPS) is 17.5. The summed E-state index contributed by atoms with van der Waals surface area (Å²) in [4.78, 5) is 18.7. The summed E-state index contributed by atoms with van der Waals surface area (Å²) in [6, 6.07) is 14.2. The largest absolute Gasteiger partial charge is 0.573 e. The SMILES string of the molecule is CN(CCC1CCN(c2ccc(OC[C@H]3CCn4cc([N+](=O)[O-])nc4O3)cc2)CC1)c1ccc(OC(F)(F)F)cc1. The van der Waals surface area contributed by atoms with Crippen molar-refractivity contribution in [1.82, 2.24) is 9.55 Å². The van der Waals surface area contributed by atoms with E-state index in [1.165, 1.54) is 18.3 Å². The molecule has 0 saturated carbocycles. The number of nitrogens with zero attached hydrogens (tertiary/aromatic N) is 5. The lowest BCUT2D eigenvalue weighted by Crippen LogP contribution is -2.34. The van der Waals surface area contributed by atoms with Crippen LogP contribution in [0.1, 0.15) is 25.7 Å². The molecule has 0 N–H and O–H groups in total. The Kier molecular flexibility index (Phi) is 8.41. The average molecular weight is 576 g/mol. The number of anilines is 2. The molecule has 0 amide bonds. The van der Waals surface area contributed by atoms with Crippen LogP contribution < -0.4 is 24.0 Å². The van der Waals surface area contributed by atoms with Crippen molar-refractivity contribution in [1.29, 1.82) is 0 Å². The number of piperidine rings is 1. The smallest absolute Gasteiger partial charge is 0.490 e. The van der Waals surface area contributed by atoms with Crippen LogP contribution in [0.4, 0.5) is 30.4 Å². The van der Waals surface area contributed by atoms with E-state index in [4.69, 9.17) is 9.47 Å². The van der Waals surface area contributed by atoms with Gasteiger partial charge < -0.3 is 34.1 Å². The van der Waals surface area contributed by atoms with Crippen molar-refractivity contribution in [3.05, 3.63) is 64.8 Å². The number of halogens is 3. The third kappa shape index (κ3) is 7.53. The number of rotatable bonds is 10. The van der Waals surface area contributed by atoms with Gasteiger partial charge in [-0.2, -0.15) is 0 Å². The van der Waals surface area contributed by atoms with Gasteiger partial charge in [-0.3, -0.25) is 4.57 Å². The van der Waals surface area contributed by atoms with Crippen LogP contribution >= 0.6 is 0 Å². The van der Waals surface area contributed by atoms with Crippen molar-refractivity contribution < 1.29 is 32.3 Å². The molecule has 1 saturated heterocycles. The minimum atomic E-state index is -4.69. The van der Waals surface area contributed by atoms with Crippen molar-refractivity contribution in [2.75, 3.05) is 43.1 Å². The molecule has 220 valence electrons. The Bertz CT molecular complexity index is 1310. The molecular formula is C28H32F3N5O5. The second-order valence-corrected chi connectivity index (χ2v) is 10.3. The predicted octanol–water partition coefficient (Wildman–Crippen LogP) is 5.66. The number of alkyl halides is 3. The fourth-order valence-electron chi connectivity index (χ4n) is 5.17. The first-order chi connectivity index (χ1) is 19.6. The molecule has 1 fully saturated rings. The van der Waals surface area contributed by atoms with Crippen molar-refractivity contribution in [3.63, 3.8) is 0 Å². The van der Waals surface area contributed by atoms with Gasteiger partial charge in [0.2, 0.25) is 0 Å². The van der Waals surface area contributed by atoms with E-state index < -0.39 is 11.3 Å². The summed E-state index contributed by atoms with van der Waals surface area (Å²) in [6.07, 6.45) is 0.279. The molecule has 2 aromatic carbocycles. The van der Waals surface area contributed by atoms with Crippen LogP contribution in [0, 0.1) is 16.0 Å². The minimum Gasteiger partial charge on any atom is -0.490 e. The molecule has 13 heteroatoms. The quantitative estimate of drug-likeness (QED) is 0.226. The van der Waals surface area contributed by atoms with Gasteiger partial charge in [0.05, 0.1) is 0 Å². The predicted molar refractivity (Wildman–Crippen MR) is 146 cm³/mol. The number of hydrogen-bond donors (Lipinski definition) is 0. The van der Waals surface area contributed by atoms with Gasteiger partial charge in [0, 0.05) is 56.0 Å². The van der Waals surface area contributed by atoms with E-state index in [0.717, 1.165) is 56.0 Å². The highest BCUT2D eigenvalue weighted by Gasteiger charge is 2.31. The van der Waals surface area contributed by atoms with Crippen molar-refractivity contribution >= 4 is 17.2 Å². The van der Waals surface area contributed by atoms with Gasteiger partial charge >= 0.3 is 18.2 Å². The second kappa shape index (κ2) is 12.1. The Morgan fingerprint density at radius 2 is 1.73 bits per heavy atom. The van der Waals surface area contributed by atoms with Gasteiger partial charge in [-0.15, -0.1) is 13.2 Å². The Labute approximate surface area is 235 Å². The number of benzene rings is 2. The number of imidazole rings is 1. The molecule has 2 aliphatic rings. The zero-order valence-corrected chi connectivity index (χ0v) is 22.6. The third-order valence-corrected chi connectivity index (χ3v) is 7.51. The number of hydrogen-bond acceptors (Lipinski definition) is 8. The molecule has 0 radical (unpaired) electrons. The first kappa shape index (κ1) is 28.4. The fraction of sp³-hybridized carbons (Fsp3) is 0.464. The van der Waals surface area contributed by atoms with Crippen LogP contribution in [-0.2, 0) is 6.54 Å². The standard InChI is InChI=1S/C28H32F3N5O5/c1-33(21-2-8-24(9-3-21)41-28(29,30)31)14-10-20-11-15-34(16-12-20)22-4-6-23(7-5-22)39-19-25-13-17-35-18-26(36(37)38)32-27(35)40-25/h2-9,18,20,25H,10-17,19H2,1H3/t25-/m1/s1. The molecular weight excluding hydrogens is 543 g/mol. The van der Waals surface area contributed by atoms with E-state index >= 15 is 0 Å². The van der Waals surface area contributed by atoms with Gasteiger partial charge in [-0.25, -0.2) is 0 Å². The first-order valence-corrected chi connectivity index (χ1v) is 13.6. The monoisotopic (exact) mass is 575 g/mol. The Morgan fingerprint density at radius 3 is 2.39 bits per heavy atom. The van der Waals surface area contributed by atoms with Gasteiger partial charge in [-0.05, 0) is 78.6 Å². The lowest BCUT2D eigenvalue weighted by Gasteiger charge is -2.34. The highest BCUT2D eigenvalue weighted by atomic mass is 19.4. The van der Waals surface area contributed by atoms with Gasteiger partial charge in [0.15, 0.2) is 0 Å². The number of fused-ring (bicyclic) bond motifs is 1. The van der Waals surface area contributed by atoms with Gasteiger partial charge in [-0.1, -0.05) is 0 Å². The topological polar surface area (TPSA) is 95.1 Å². The van der Waals surface area contributed by atoms with Crippen LogP contribution in [0.2, 0.25) is 0 Å². The first-order valence-electron chi connectivity index (χ1n) is 13.6. The lowest BCUT2D eigenvalue weighted by molar-refractivity contribution is -0.389. The van der Waals surface area contributed by atoms with E-state index in [-0.39, 0.29) is 23.7 Å². The molecule has 0 unspecified atom stereocenters. The van der Waals surface area contributed by atoms with E-state index in [9.17, 15) is 23.3 Å².